The lowest BCUT2D eigenvalue weighted by atomic mass is 9.77. The maximum Gasteiger partial charge on any atom is 0.125 e. The Morgan fingerprint density at radius 3 is 1.21 bits per heavy atom. The van der Waals surface area contributed by atoms with Crippen LogP contribution >= 0.6 is 0 Å². The molecule has 42 heavy (non-hydrogen) atoms. The molecule has 0 aliphatic carbocycles. The highest BCUT2D eigenvalue weighted by Gasteiger charge is 2.37. The summed E-state index contributed by atoms with van der Waals surface area (Å²) in [4.78, 5) is 0. The van der Waals surface area contributed by atoms with Gasteiger partial charge in [0.25, 0.3) is 0 Å². The molecule has 0 fully saturated rings. The highest BCUT2D eigenvalue weighted by molar-refractivity contribution is 5.53. The molecule has 0 aliphatic heterocycles. The second-order valence-electron chi connectivity index (χ2n) is 14.4. The van der Waals surface area contributed by atoms with Gasteiger partial charge in [0, 0.05) is 11.1 Å². The van der Waals surface area contributed by atoms with Crippen molar-refractivity contribution in [2.24, 2.45) is 0 Å². The van der Waals surface area contributed by atoms with Crippen LogP contribution in [-0.2, 0) is 16.4 Å². The van der Waals surface area contributed by atoms with Crippen LogP contribution in [0.5, 0.6) is 11.5 Å². The number of ether oxygens (including phenoxy) is 2. The molecular weight excluding hydrogens is 516 g/mol. The van der Waals surface area contributed by atoms with Crippen LogP contribution in [0, 0.1) is 0 Å². The van der Waals surface area contributed by atoms with Crippen molar-refractivity contribution in [1.82, 2.24) is 0 Å². The Hall–Kier alpha value is -2.00. The molecule has 0 bridgehead atoms. The van der Waals surface area contributed by atoms with E-state index in [2.05, 4.69) is 98.7 Å². The Labute approximate surface area is 259 Å². The van der Waals surface area contributed by atoms with E-state index < -0.39 is 5.60 Å². The number of rotatable bonds is 19. The lowest BCUT2D eigenvalue weighted by molar-refractivity contribution is 0.0686. The standard InChI is InChI=1S/C39H64O3/c1-10-13-15-17-19-21-27-41-35-25-23-31(37(4,5)6)29-33(35)39(40,12-3)34-30-32(38(7,8)9)24-26-36(34)42-28-22-20-18-16-14-11-2/h23-26,29-30,40H,10-22,27-28H2,1-9H3. The number of benzene rings is 2. The summed E-state index contributed by atoms with van der Waals surface area (Å²) in [6.07, 6.45) is 15.2. The minimum Gasteiger partial charge on any atom is -0.493 e. The van der Waals surface area contributed by atoms with Crippen LogP contribution in [-0.4, -0.2) is 18.3 Å². The summed E-state index contributed by atoms with van der Waals surface area (Å²) in [5.74, 6) is 1.56. The van der Waals surface area contributed by atoms with E-state index in [0.717, 1.165) is 35.5 Å². The lowest BCUT2D eigenvalue weighted by Crippen LogP contribution is -2.30. The van der Waals surface area contributed by atoms with Crippen molar-refractivity contribution in [3.05, 3.63) is 58.7 Å². The normalized spacial score (nSPS) is 12.5. The Bertz CT molecular complexity index is 961. The van der Waals surface area contributed by atoms with Crippen LogP contribution in [0.15, 0.2) is 36.4 Å². The zero-order valence-electron chi connectivity index (χ0n) is 28.8. The van der Waals surface area contributed by atoms with Gasteiger partial charge in [0.05, 0.1) is 13.2 Å². The molecule has 0 heterocycles. The van der Waals surface area contributed by atoms with E-state index in [1.165, 1.54) is 75.3 Å². The van der Waals surface area contributed by atoms with Gasteiger partial charge in [-0.3, -0.25) is 0 Å². The van der Waals surface area contributed by atoms with Gasteiger partial charge in [-0.1, -0.05) is 139 Å². The second-order valence-corrected chi connectivity index (χ2v) is 14.4. The summed E-state index contributed by atoms with van der Waals surface area (Å²) < 4.78 is 12.9. The van der Waals surface area contributed by atoms with E-state index in [-0.39, 0.29) is 10.8 Å². The van der Waals surface area contributed by atoms with E-state index in [9.17, 15) is 5.11 Å². The van der Waals surface area contributed by atoms with E-state index >= 15 is 0 Å². The fraction of sp³-hybridized carbons (Fsp3) is 0.692. The van der Waals surface area contributed by atoms with Gasteiger partial charge in [0.15, 0.2) is 0 Å². The molecule has 0 spiro atoms. The molecule has 0 radical (unpaired) electrons. The molecule has 2 aromatic rings. The smallest absolute Gasteiger partial charge is 0.125 e. The third kappa shape index (κ3) is 10.9. The molecule has 0 aromatic heterocycles. The van der Waals surface area contributed by atoms with E-state index in [1.54, 1.807) is 0 Å². The molecule has 0 saturated heterocycles. The second kappa shape index (κ2) is 17.3. The van der Waals surface area contributed by atoms with Crippen molar-refractivity contribution in [1.29, 1.82) is 0 Å². The summed E-state index contributed by atoms with van der Waals surface area (Å²) in [7, 11) is 0. The first-order chi connectivity index (χ1) is 19.9. The van der Waals surface area contributed by atoms with E-state index in [4.69, 9.17) is 9.47 Å². The molecule has 0 unspecified atom stereocenters. The maximum absolute atomic E-state index is 12.7. The quantitative estimate of drug-likeness (QED) is 0.168. The van der Waals surface area contributed by atoms with Crippen LogP contribution in [0.2, 0.25) is 0 Å². The Balaban J connectivity index is 2.46. The molecule has 3 heteroatoms. The minimum atomic E-state index is -1.24. The third-order valence-corrected chi connectivity index (χ3v) is 8.60. The number of unbranched alkanes of at least 4 members (excludes halogenated alkanes) is 10. The van der Waals surface area contributed by atoms with Crippen molar-refractivity contribution in [3.63, 3.8) is 0 Å². The summed E-state index contributed by atoms with van der Waals surface area (Å²) >= 11 is 0. The topological polar surface area (TPSA) is 38.7 Å². The number of hydrogen-bond donors (Lipinski definition) is 1. The van der Waals surface area contributed by atoms with Crippen molar-refractivity contribution >= 4 is 0 Å². The van der Waals surface area contributed by atoms with Gasteiger partial charge in [0.2, 0.25) is 0 Å². The molecule has 0 atom stereocenters. The van der Waals surface area contributed by atoms with Gasteiger partial charge in [-0.25, -0.2) is 0 Å². The average molecular weight is 581 g/mol. The summed E-state index contributed by atoms with van der Waals surface area (Å²) in [5.41, 5.74) is 2.74. The molecule has 2 aromatic carbocycles. The SMILES string of the molecule is CCCCCCCCOc1ccc(C(C)(C)C)cc1C(O)(CC)c1cc(C(C)(C)C)ccc1OCCCCCCCC. The Morgan fingerprint density at radius 2 is 0.881 bits per heavy atom. The van der Waals surface area contributed by atoms with Gasteiger partial charge in [-0.15, -0.1) is 0 Å². The molecule has 238 valence electrons. The first-order valence-electron chi connectivity index (χ1n) is 17.2. The van der Waals surface area contributed by atoms with Gasteiger partial charge >= 0.3 is 0 Å². The monoisotopic (exact) mass is 580 g/mol. The first kappa shape index (κ1) is 36.2. The zero-order valence-corrected chi connectivity index (χ0v) is 28.8. The molecule has 0 aliphatic rings. The van der Waals surface area contributed by atoms with Crippen LogP contribution in [0.3, 0.4) is 0 Å². The van der Waals surface area contributed by atoms with Gasteiger partial charge in [-0.2, -0.15) is 0 Å². The van der Waals surface area contributed by atoms with Gasteiger partial charge < -0.3 is 14.6 Å². The molecule has 1 N–H and O–H groups in total. The number of hydrogen-bond acceptors (Lipinski definition) is 3. The zero-order chi connectivity index (χ0) is 31.2. The molecule has 0 amide bonds. The molecule has 3 nitrogen and oxygen atoms in total. The Kier molecular flexibility index (Phi) is 14.9. The van der Waals surface area contributed by atoms with Crippen molar-refractivity contribution in [2.75, 3.05) is 13.2 Å². The minimum absolute atomic E-state index is 0.0500. The van der Waals surface area contributed by atoms with Crippen LogP contribution in [0.1, 0.15) is 168 Å². The molecule has 2 rings (SSSR count). The van der Waals surface area contributed by atoms with Crippen LogP contribution < -0.4 is 9.47 Å². The van der Waals surface area contributed by atoms with Crippen molar-refractivity contribution < 1.29 is 14.6 Å². The largest absolute Gasteiger partial charge is 0.493 e. The first-order valence-corrected chi connectivity index (χ1v) is 17.2. The van der Waals surface area contributed by atoms with Crippen molar-refractivity contribution in [2.45, 2.75) is 162 Å². The third-order valence-electron chi connectivity index (χ3n) is 8.60. The van der Waals surface area contributed by atoms with Crippen LogP contribution in [0.25, 0.3) is 0 Å². The molecular formula is C39H64O3. The summed E-state index contributed by atoms with van der Waals surface area (Å²) in [5, 5.41) is 12.7. The van der Waals surface area contributed by atoms with Gasteiger partial charge in [-0.05, 0) is 65.5 Å². The average Bonchev–Trinajstić information content (AvgIpc) is 2.94. The summed E-state index contributed by atoms with van der Waals surface area (Å²) in [6.45, 7) is 21.3. The lowest BCUT2D eigenvalue weighted by Gasteiger charge is -2.34. The van der Waals surface area contributed by atoms with Crippen molar-refractivity contribution in [3.8, 4) is 11.5 Å². The fourth-order valence-electron chi connectivity index (χ4n) is 5.55. The highest BCUT2D eigenvalue weighted by Crippen LogP contribution is 2.45. The summed E-state index contributed by atoms with van der Waals surface area (Å²) in [6, 6.07) is 12.9. The molecule has 0 saturated carbocycles. The predicted octanol–water partition coefficient (Wildman–Crippen LogP) is 11.4. The highest BCUT2D eigenvalue weighted by atomic mass is 16.5. The van der Waals surface area contributed by atoms with Crippen LogP contribution in [0.4, 0.5) is 0 Å². The predicted molar refractivity (Wildman–Crippen MR) is 181 cm³/mol. The fourth-order valence-corrected chi connectivity index (χ4v) is 5.55. The van der Waals surface area contributed by atoms with E-state index in [0.29, 0.717) is 19.6 Å². The maximum atomic E-state index is 12.7. The van der Waals surface area contributed by atoms with Gasteiger partial charge in [0.1, 0.15) is 17.1 Å². The number of aliphatic hydroxyl groups is 1. The Morgan fingerprint density at radius 1 is 0.524 bits per heavy atom. The van der Waals surface area contributed by atoms with E-state index in [1.807, 2.05) is 0 Å².